The van der Waals surface area contributed by atoms with Crippen molar-refractivity contribution in [2.75, 3.05) is 33.4 Å². The minimum atomic E-state index is -0.695. The van der Waals surface area contributed by atoms with Crippen LogP contribution in [0.15, 0.2) is 30.3 Å². The van der Waals surface area contributed by atoms with Crippen molar-refractivity contribution in [2.24, 2.45) is 0 Å². The average Bonchev–Trinajstić information content (AvgIpc) is 2.64. The molecule has 0 saturated heterocycles. The molecule has 1 aromatic carbocycles. The van der Waals surface area contributed by atoms with Gasteiger partial charge in [0.15, 0.2) is 0 Å². The zero-order valence-electron chi connectivity index (χ0n) is 15.4. The van der Waals surface area contributed by atoms with Gasteiger partial charge in [0, 0.05) is 37.7 Å². The zero-order valence-corrected chi connectivity index (χ0v) is 15.4. The lowest BCUT2D eigenvalue weighted by molar-refractivity contribution is -0.134. The van der Waals surface area contributed by atoms with E-state index < -0.39 is 12.1 Å². The van der Waals surface area contributed by atoms with E-state index in [9.17, 15) is 14.7 Å². The number of esters is 1. The van der Waals surface area contributed by atoms with Crippen molar-refractivity contribution in [1.82, 2.24) is 10.6 Å². The fourth-order valence-electron chi connectivity index (χ4n) is 2.09. The number of ether oxygens (including phenoxy) is 2. The molecule has 7 heteroatoms. The second-order valence-electron chi connectivity index (χ2n) is 5.66. The van der Waals surface area contributed by atoms with Crippen LogP contribution < -0.4 is 15.4 Å². The van der Waals surface area contributed by atoms with Crippen molar-refractivity contribution in [3.8, 4) is 5.75 Å². The second kappa shape index (κ2) is 12.9. The minimum absolute atomic E-state index is 0.0369. The van der Waals surface area contributed by atoms with Gasteiger partial charge in [-0.05, 0) is 18.6 Å². The third kappa shape index (κ3) is 9.19. The Morgan fingerprint density at radius 1 is 1.27 bits per heavy atom. The van der Waals surface area contributed by atoms with Gasteiger partial charge < -0.3 is 25.2 Å². The predicted octanol–water partition coefficient (Wildman–Crippen LogP) is 1.12. The van der Waals surface area contributed by atoms with Crippen molar-refractivity contribution in [3.05, 3.63) is 35.9 Å². The number of carbonyl (C=O) groups is 2. The zero-order chi connectivity index (χ0) is 19.2. The molecule has 1 rings (SSSR count). The maximum absolute atomic E-state index is 11.3. The average molecular weight is 364 g/mol. The Morgan fingerprint density at radius 2 is 2.04 bits per heavy atom. The van der Waals surface area contributed by atoms with Crippen molar-refractivity contribution in [3.63, 3.8) is 0 Å². The van der Waals surface area contributed by atoms with Gasteiger partial charge in [0.2, 0.25) is 5.91 Å². The van der Waals surface area contributed by atoms with Gasteiger partial charge in [0.05, 0.1) is 7.11 Å². The largest absolute Gasteiger partial charge is 0.490 e. The van der Waals surface area contributed by atoms with Crippen LogP contribution in [0.3, 0.4) is 0 Å². The van der Waals surface area contributed by atoms with E-state index >= 15 is 0 Å². The number of amides is 1. The third-order valence-corrected chi connectivity index (χ3v) is 3.43. The summed E-state index contributed by atoms with van der Waals surface area (Å²) in [4.78, 5) is 22.5. The van der Waals surface area contributed by atoms with Crippen LogP contribution in [-0.4, -0.2) is 56.4 Å². The topological polar surface area (TPSA) is 96.9 Å². The number of para-hydroxylation sites is 1. The van der Waals surface area contributed by atoms with Gasteiger partial charge in [0.25, 0.3) is 0 Å². The highest BCUT2D eigenvalue weighted by Crippen LogP contribution is 2.19. The molecule has 7 nitrogen and oxygen atoms in total. The Bertz CT molecular complexity index is 589. The lowest BCUT2D eigenvalue weighted by Crippen LogP contribution is -2.37. The summed E-state index contributed by atoms with van der Waals surface area (Å²) in [6.45, 7) is 3.51. The van der Waals surface area contributed by atoms with Crippen molar-refractivity contribution in [1.29, 1.82) is 0 Å². The number of aliphatic hydroxyl groups excluding tert-OH is 1. The molecule has 1 aromatic rings. The van der Waals surface area contributed by atoms with Crippen molar-refractivity contribution >= 4 is 18.0 Å². The summed E-state index contributed by atoms with van der Waals surface area (Å²) in [7, 11) is 1.31. The summed E-state index contributed by atoms with van der Waals surface area (Å²) in [5, 5.41) is 15.8. The predicted molar refractivity (Wildman–Crippen MR) is 99.8 cm³/mol. The van der Waals surface area contributed by atoms with Gasteiger partial charge in [0.1, 0.15) is 18.5 Å². The summed E-state index contributed by atoms with van der Waals surface area (Å²) < 4.78 is 10.2. The first kappa shape index (κ1) is 21.7. The maximum atomic E-state index is 11.3. The van der Waals surface area contributed by atoms with Crippen LogP contribution in [0.1, 0.15) is 25.3 Å². The summed E-state index contributed by atoms with van der Waals surface area (Å²) in [5.74, 6) is 0.156. The van der Waals surface area contributed by atoms with Gasteiger partial charge in [-0.15, -0.1) is 0 Å². The quantitative estimate of drug-likeness (QED) is 0.292. The molecule has 0 saturated carbocycles. The standard InChI is InChI=1S/C19H28N2O5/c1-3-6-18(23)21-12-11-20-13-16(22)14-26-17-8-5-4-7-15(17)9-10-19(24)25-2/h4-5,7-10,16,20,22H,3,6,11-14H2,1-2H3,(H,21,23)/b10-9+. The Labute approximate surface area is 154 Å². The first-order valence-corrected chi connectivity index (χ1v) is 8.70. The molecular formula is C19H28N2O5. The molecule has 0 aliphatic carbocycles. The van der Waals surface area contributed by atoms with Crippen LogP contribution in [0.2, 0.25) is 0 Å². The number of carbonyl (C=O) groups excluding carboxylic acids is 2. The number of hydrogen-bond acceptors (Lipinski definition) is 6. The molecule has 0 aliphatic rings. The van der Waals surface area contributed by atoms with E-state index in [0.29, 0.717) is 31.8 Å². The lowest BCUT2D eigenvalue weighted by Gasteiger charge is -2.15. The van der Waals surface area contributed by atoms with Gasteiger partial charge in [-0.2, -0.15) is 0 Å². The van der Waals surface area contributed by atoms with Gasteiger partial charge in [-0.3, -0.25) is 4.79 Å². The molecule has 0 aliphatic heterocycles. The lowest BCUT2D eigenvalue weighted by atomic mass is 10.2. The van der Waals surface area contributed by atoms with Crippen LogP contribution in [0.5, 0.6) is 5.75 Å². The van der Waals surface area contributed by atoms with E-state index in [4.69, 9.17) is 4.74 Å². The Morgan fingerprint density at radius 3 is 2.77 bits per heavy atom. The van der Waals surface area contributed by atoms with E-state index in [-0.39, 0.29) is 12.5 Å². The summed E-state index contributed by atoms with van der Waals surface area (Å²) in [6.07, 6.45) is 3.57. The molecule has 26 heavy (non-hydrogen) atoms. The Kier molecular flexibility index (Phi) is 10.8. The van der Waals surface area contributed by atoms with E-state index in [1.807, 2.05) is 19.1 Å². The van der Waals surface area contributed by atoms with Crippen molar-refractivity contribution in [2.45, 2.75) is 25.9 Å². The molecule has 0 radical (unpaired) electrons. The van der Waals surface area contributed by atoms with E-state index in [1.165, 1.54) is 13.2 Å². The SMILES string of the molecule is CCCC(=O)NCCNCC(O)COc1ccccc1/C=C/C(=O)OC. The molecule has 0 bridgehead atoms. The summed E-state index contributed by atoms with van der Waals surface area (Å²) in [6, 6.07) is 7.21. The first-order chi connectivity index (χ1) is 12.6. The van der Waals surface area contributed by atoms with E-state index in [1.54, 1.807) is 18.2 Å². The number of methoxy groups -OCH3 is 1. The second-order valence-corrected chi connectivity index (χ2v) is 5.66. The van der Waals surface area contributed by atoms with Gasteiger partial charge >= 0.3 is 5.97 Å². The molecule has 1 amide bonds. The highest BCUT2D eigenvalue weighted by molar-refractivity contribution is 5.87. The van der Waals surface area contributed by atoms with Crippen molar-refractivity contribution < 1.29 is 24.2 Å². The molecule has 0 aromatic heterocycles. The fourth-order valence-corrected chi connectivity index (χ4v) is 2.09. The maximum Gasteiger partial charge on any atom is 0.330 e. The van der Waals surface area contributed by atoms with Crippen LogP contribution >= 0.6 is 0 Å². The number of aliphatic hydroxyl groups is 1. The van der Waals surface area contributed by atoms with E-state index in [2.05, 4.69) is 15.4 Å². The first-order valence-electron chi connectivity index (χ1n) is 8.70. The highest BCUT2D eigenvalue weighted by Gasteiger charge is 2.07. The summed E-state index contributed by atoms with van der Waals surface area (Å²) >= 11 is 0. The number of hydrogen-bond donors (Lipinski definition) is 3. The Hall–Kier alpha value is -2.38. The highest BCUT2D eigenvalue weighted by atomic mass is 16.5. The van der Waals surface area contributed by atoms with E-state index in [0.717, 1.165) is 12.0 Å². The van der Waals surface area contributed by atoms with Crippen LogP contribution in [0.4, 0.5) is 0 Å². The molecule has 0 fully saturated rings. The molecular weight excluding hydrogens is 336 g/mol. The summed E-state index contributed by atoms with van der Waals surface area (Å²) in [5.41, 5.74) is 0.719. The monoisotopic (exact) mass is 364 g/mol. The van der Waals surface area contributed by atoms with Gasteiger partial charge in [-0.1, -0.05) is 25.1 Å². The van der Waals surface area contributed by atoms with Crippen LogP contribution in [0, 0.1) is 0 Å². The molecule has 1 atom stereocenters. The fraction of sp³-hybridized carbons (Fsp3) is 0.474. The van der Waals surface area contributed by atoms with Gasteiger partial charge in [-0.25, -0.2) is 4.79 Å². The molecule has 0 spiro atoms. The number of rotatable bonds is 12. The molecule has 1 unspecified atom stereocenters. The molecule has 144 valence electrons. The smallest absolute Gasteiger partial charge is 0.330 e. The normalized spacial score (nSPS) is 12.0. The Balaban J connectivity index is 2.32. The molecule has 0 heterocycles. The third-order valence-electron chi connectivity index (χ3n) is 3.43. The van der Waals surface area contributed by atoms with Crippen LogP contribution in [-0.2, 0) is 14.3 Å². The van der Waals surface area contributed by atoms with Crippen LogP contribution in [0.25, 0.3) is 6.08 Å². The number of benzene rings is 1. The molecule has 3 N–H and O–H groups in total. The minimum Gasteiger partial charge on any atom is -0.490 e. The number of nitrogens with one attached hydrogen (secondary N) is 2.